The van der Waals surface area contributed by atoms with E-state index in [0.29, 0.717) is 10.0 Å². The first-order chi connectivity index (χ1) is 8.58. The van der Waals surface area contributed by atoms with E-state index >= 15 is 0 Å². The summed E-state index contributed by atoms with van der Waals surface area (Å²) in [5, 5.41) is 6.83. The fourth-order valence-corrected chi connectivity index (χ4v) is 2.65. The summed E-state index contributed by atoms with van der Waals surface area (Å²) in [7, 11) is 0. The number of amides is 1. The summed E-state index contributed by atoms with van der Waals surface area (Å²) < 4.78 is 13.4. The summed E-state index contributed by atoms with van der Waals surface area (Å²) in [6.45, 7) is 1.92. The van der Waals surface area contributed by atoms with E-state index in [0.717, 1.165) is 5.56 Å². The molecule has 1 amide bonds. The molecule has 0 aliphatic heterocycles. The summed E-state index contributed by atoms with van der Waals surface area (Å²) in [5.74, 6) is -0.591. The summed E-state index contributed by atoms with van der Waals surface area (Å²) in [6, 6.07) is 6.12. The normalized spacial score (nSPS) is 12.2. The van der Waals surface area contributed by atoms with Crippen LogP contribution in [0.3, 0.4) is 0 Å². The molecule has 2 rings (SSSR count). The second-order valence-corrected chi connectivity index (χ2v) is 5.52. The van der Waals surface area contributed by atoms with Crippen LogP contribution in [-0.4, -0.2) is 5.91 Å². The molecule has 2 nitrogen and oxygen atoms in total. The summed E-state index contributed by atoms with van der Waals surface area (Å²) in [4.78, 5) is 12.0. The van der Waals surface area contributed by atoms with Gasteiger partial charge >= 0.3 is 0 Å². The van der Waals surface area contributed by atoms with Gasteiger partial charge in [-0.3, -0.25) is 4.79 Å². The van der Waals surface area contributed by atoms with Crippen molar-refractivity contribution in [1.82, 2.24) is 5.32 Å². The van der Waals surface area contributed by atoms with Crippen LogP contribution in [0.25, 0.3) is 0 Å². The minimum Gasteiger partial charge on any atom is -0.345 e. The van der Waals surface area contributed by atoms with Gasteiger partial charge in [0.2, 0.25) is 0 Å². The van der Waals surface area contributed by atoms with Crippen LogP contribution in [0.1, 0.15) is 28.9 Å². The average molecular weight is 328 g/mol. The van der Waals surface area contributed by atoms with Gasteiger partial charge in [-0.2, -0.15) is 11.3 Å². The quantitative estimate of drug-likeness (QED) is 0.901. The number of halogens is 2. The van der Waals surface area contributed by atoms with Gasteiger partial charge in [0.1, 0.15) is 5.82 Å². The van der Waals surface area contributed by atoms with Crippen LogP contribution in [0.4, 0.5) is 4.39 Å². The molecule has 1 unspecified atom stereocenters. The van der Waals surface area contributed by atoms with Crippen molar-refractivity contribution in [3.63, 3.8) is 0 Å². The zero-order chi connectivity index (χ0) is 13.1. The molecule has 1 aromatic heterocycles. The van der Waals surface area contributed by atoms with Gasteiger partial charge in [0, 0.05) is 5.56 Å². The lowest BCUT2D eigenvalue weighted by molar-refractivity contribution is 0.0940. The highest BCUT2D eigenvalue weighted by Gasteiger charge is 2.12. The van der Waals surface area contributed by atoms with Crippen molar-refractivity contribution in [2.75, 3.05) is 0 Å². The molecular weight excluding hydrogens is 317 g/mol. The number of rotatable bonds is 3. The van der Waals surface area contributed by atoms with E-state index < -0.39 is 0 Å². The van der Waals surface area contributed by atoms with Gasteiger partial charge in [0.25, 0.3) is 5.91 Å². The number of carbonyl (C=O) groups excluding carboxylic acids is 1. The molecule has 1 N–H and O–H groups in total. The smallest absolute Gasteiger partial charge is 0.251 e. The Labute approximate surface area is 117 Å². The van der Waals surface area contributed by atoms with Gasteiger partial charge in [-0.05, 0) is 63.4 Å². The molecule has 1 atom stereocenters. The Kier molecular flexibility index (Phi) is 4.14. The molecule has 1 aromatic carbocycles. The minimum atomic E-state index is -0.377. The third-order valence-electron chi connectivity index (χ3n) is 2.57. The lowest BCUT2D eigenvalue weighted by atomic mass is 10.1. The fourth-order valence-electron chi connectivity index (χ4n) is 1.52. The predicted molar refractivity (Wildman–Crippen MR) is 74.3 cm³/mol. The highest BCUT2D eigenvalue weighted by Crippen LogP contribution is 2.19. The van der Waals surface area contributed by atoms with Crippen LogP contribution in [0, 0.1) is 5.82 Å². The average Bonchev–Trinajstić information content (AvgIpc) is 2.86. The molecule has 0 bridgehead atoms. The Hall–Kier alpha value is -1.20. The van der Waals surface area contributed by atoms with E-state index in [9.17, 15) is 9.18 Å². The Morgan fingerprint density at radius 2 is 2.22 bits per heavy atom. The van der Waals surface area contributed by atoms with E-state index in [4.69, 9.17) is 0 Å². The third kappa shape index (κ3) is 2.97. The molecule has 0 saturated heterocycles. The van der Waals surface area contributed by atoms with Gasteiger partial charge in [0.15, 0.2) is 0 Å². The molecule has 0 spiro atoms. The zero-order valence-electron chi connectivity index (χ0n) is 9.61. The number of hydrogen-bond acceptors (Lipinski definition) is 2. The molecular formula is C13H11BrFNOS. The lowest BCUT2D eigenvalue weighted by Crippen LogP contribution is -2.26. The van der Waals surface area contributed by atoms with Gasteiger partial charge in [0.05, 0.1) is 10.5 Å². The van der Waals surface area contributed by atoms with Crippen molar-refractivity contribution in [3.05, 3.63) is 56.4 Å². The SMILES string of the molecule is CC(NC(=O)c1ccc(F)c(Br)c1)c1ccsc1. The largest absolute Gasteiger partial charge is 0.345 e. The molecule has 0 aliphatic carbocycles. The van der Waals surface area contributed by atoms with E-state index in [1.54, 1.807) is 11.3 Å². The Morgan fingerprint density at radius 3 is 2.83 bits per heavy atom. The van der Waals surface area contributed by atoms with Crippen LogP contribution >= 0.6 is 27.3 Å². The van der Waals surface area contributed by atoms with Crippen LogP contribution < -0.4 is 5.32 Å². The van der Waals surface area contributed by atoms with E-state index in [1.165, 1.54) is 18.2 Å². The molecule has 0 aliphatic rings. The van der Waals surface area contributed by atoms with Crippen molar-refractivity contribution < 1.29 is 9.18 Å². The molecule has 2 aromatic rings. The van der Waals surface area contributed by atoms with Gasteiger partial charge in [-0.25, -0.2) is 4.39 Å². The second-order valence-electron chi connectivity index (χ2n) is 3.88. The number of carbonyl (C=O) groups is 1. The van der Waals surface area contributed by atoms with E-state index in [1.807, 2.05) is 23.8 Å². The standard InChI is InChI=1S/C13H11BrFNOS/c1-8(10-4-5-18-7-10)16-13(17)9-2-3-12(15)11(14)6-9/h2-8H,1H3,(H,16,17). The number of nitrogens with one attached hydrogen (secondary N) is 1. The Bertz CT molecular complexity index is 556. The van der Waals surface area contributed by atoms with E-state index in [2.05, 4.69) is 21.2 Å². The first-order valence-electron chi connectivity index (χ1n) is 5.36. The highest BCUT2D eigenvalue weighted by atomic mass is 79.9. The summed E-state index contributed by atoms with van der Waals surface area (Å²) in [5.41, 5.74) is 1.50. The maximum Gasteiger partial charge on any atom is 0.251 e. The molecule has 0 fully saturated rings. The number of hydrogen-bond donors (Lipinski definition) is 1. The van der Waals surface area contributed by atoms with Crippen LogP contribution in [0.5, 0.6) is 0 Å². The van der Waals surface area contributed by atoms with Crippen molar-refractivity contribution in [1.29, 1.82) is 0 Å². The van der Waals surface area contributed by atoms with Crippen molar-refractivity contribution >= 4 is 33.2 Å². The first kappa shape index (κ1) is 13.2. The monoisotopic (exact) mass is 327 g/mol. The highest BCUT2D eigenvalue weighted by molar-refractivity contribution is 9.10. The van der Waals surface area contributed by atoms with Gasteiger partial charge < -0.3 is 5.32 Å². The van der Waals surface area contributed by atoms with Crippen molar-refractivity contribution in [3.8, 4) is 0 Å². The molecule has 0 saturated carbocycles. The van der Waals surface area contributed by atoms with Crippen molar-refractivity contribution in [2.45, 2.75) is 13.0 Å². The molecule has 0 radical (unpaired) electrons. The Balaban J connectivity index is 2.10. The zero-order valence-corrected chi connectivity index (χ0v) is 12.0. The van der Waals surface area contributed by atoms with Crippen molar-refractivity contribution in [2.24, 2.45) is 0 Å². The first-order valence-corrected chi connectivity index (χ1v) is 7.09. The fraction of sp³-hybridized carbons (Fsp3) is 0.154. The lowest BCUT2D eigenvalue weighted by Gasteiger charge is -2.12. The third-order valence-corrected chi connectivity index (χ3v) is 3.88. The molecule has 94 valence electrons. The van der Waals surface area contributed by atoms with Gasteiger partial charge in [-0.1, -0.05) is 0 Å². The summed E-state index contributed by atoms with van der Waals surface area (Å²) >= 11 is 4.65. The minimum absolute atomic E-state index is 0.0624. The van der Waals surface area contributed by atoms with Crippen LogP contribution in [0.2, 0.25) is 0 Å². The maximum atomic E-state index is 13.1. The predicted octanol–water partition coefficient (Wildman–Crippen LogP) is 4.14. The number of benzene rings is 1. The summed E-state index contributed by atoms with van der Waals surface area (Å²) in [6.07, 6.45) is 0. The molecule has 18 heavy (non-hydrogen) atoms. The van der Waals surface area contributed by atoms with Crippen LogP contribution in [0.15, 0.2) is 39.5 Å². The van der Waals surface area contributed by atoms with E-state index in [-0.39, 0.29) is 17.8 Å². The topological polar surface area (TPSA) is 29.1 Å². The molecule has 5 heteroatoms. The Morgan fingerprint density at radius 1 is 1.44 bits per heavy atom. The molecule has 1 heterocycles. The number of thiophene rings is 1. The van der Waals surface area contributed by atoms with Crippen LogP contribution in [-0.2, 0) is 0 Å². The second kappa shape index (κ2) is 5.63. The maximum absolute atomic E-state index is 13.1. The van der Waals surface area contributed by atoms with Gasteiger partial charge in [-0.15, -0.1) is 0 Å².